The molecule has 4 heteroatoms. The number of carbonyl (C=O) groups excluding carboxylic acids is 1. The van der Waals surface area contributed by atoms with Crippen molar-refractivity contribution in [1.29, 1.82) is 0 Å². The maximum absolute atomic E-state index is 11.7. The number of nitrogens with zero attached hydrogens (tertiary/aromatic N) is 1. The molecule has 0 radical (unpaired) electrons. The molecule has 2 atom stereocenters. The number of piperidine rings is 1. The maximum atomic E-state index is 11.7. The Hall–Kier alpha value is -1.81. The van der Waals surface area contributed by atoms with Gasteiger partial charge in [0.1, 0.15) is 5.03 Å². The molecule has 1 N–H and O–H groups in total. The second-order valence-corrected chi connectivity index (χ2v) is 7.76. The second kappa shape index (κ2) is 5.68. The molecular formula is C19H20N2OS. The topological polar surface area (TPSA) is 42.0 Å². The minimum atomic E-state index is 0.0791. The van der Waals surface area contributed by atoms with E-state index in [9.17, 15) is 4.79 Å². The quantitative estimate of drug-likeness (QED) is 0.915. The van der Waals surface area contributed by atoms with Crippen molar-refractivity contribution in [1.82, 2.24) is 10.3 Å². The third kappa shape index (κ3) is 2.65. The summed E-state index contributed by atoms with van der Waals surface area (Å²) in [5.41, 5.74) is 2.93. The molecule has 1 aliphatic carbocycles. The number of benzene rings is 1. The molecule has 1 aromatic heterocycles. The van der Waals surface area contributed by atoms with E-state index in [1.54, 1.807) is 11.8 Å². The van der Waals surface area contributed by atoms with Crippen molar-refractivity contribution in [2.45, 2.75) is 54.0 Å². The van der Waals surface area contributed by atoms with Gasteiger partial charge < -0.3 is 5.32 Å². The highest BCUT2D eigenvalue weighted by molar-refractivity contribution is 7.99. The van der Waals surface area contributed by atoms with Gasteiger partial charge in [-0.05, 0) is 54.7 Å². The van der Waals surface area contributed by atoms with Crippen molar-refractivity contribution in [2.24, 2.45) is 0 Å². The zero-order valence-corrected chi connectivity index (χ0v) is 14.0. The molecule has 2 heterocycles. The van der Waals surface area contributed by atoms with Crippen LogP contribution in [0.3, 0.4) is 0 Å². The number of fused-ring (bicyclic) bond motifs is 3. The Labute approximate surface area is 140 Å². The SMILES string of the molecule is C[C@]12CCC(=O)N[C@@H]1CCc1cc(Sc3ccccn3)ccc12. The number of nitrogens with one attached hydrogen (secondary N) is 1. The van der Waals surface area contributed by atoms with Gasteiger partial charge in [-0.25, -0.2) is 4.98 Å². The molecule has 1 aliphatic heterocycles. The summed E-state index contributed by atoms with van der Waals surface area (Å²) in [6.07, 6.45) is 5.48. The molecule has 0 bridgehead atoms. The van der Waals surface area contributed by atoms with Gasteiger partial charge in [-0.1, -0.05) is 30.8 Å². The summed E-state index contributed by atoms with van der Waals surface area (Å²) in [7, 11) is 0. The van der Waals surface area contributed by atoms with Crippen molar-refractivity contribution in [2.75, 3.05) is 0 Å². The fourth-order valence-electron chi connectivity index (χ4n) is 3.91. The molecule has 0 spiro atoms. The minimum absolute atomic E-state index is 0.0791. The van der Waals surface area contributed by atoms with Crippen molar-refractivity contribution < 1.29 is 4.79 Å². The first-order valence-electron chi connectivity index (χ1n) is 8.17. The van der Waals surface area contributed by atoms with Crippen LogP contribution in [0.15, 0.2) is 52.5 Å². The van der Waals surface area contributed by atoms with Gasteiger partial charge in [0.25, 0.3) is 0 Å². The summed E-state index contributed by atoms with van der Waals surface area (Å²) in [6.45, 7) is 2.31. The van der Waals surface area contributed by atoms with Gasteiger partial charge in [-0.15, -0.1) is 0 Å². The maximum Gasteiger partial charge on any atom is 0.220 e. The monoisotopic (exact) mass is 324 g/mol. The Kier molecular flexibility index (Phi) is 3.64. The van der Waals surface area contributed by atoms with Crippen LogP contribution >= 0.6 is 11.8 Å². The number of pyridine rings is 1. The molecule has 0 saturated carbocycles. The van der Waals surface area contributed by atoms with E-state index in [0.717, 1.165) is 24.3 Å². The second-order valence-electron chi connectivity index (χ2n) is 6.67. The van der Waals surface area contributed by atoms with E-state index in [1.165, 1.54) is 16.0 Å². The molecule has 23 heavy (non-hydrogen) atoms. The van der Waals surface area contributed by atoms with Crippen LogP contribution in [-0.2, 0) is 16.6 Å². The average Bonchev–Trinajstić information content (AvgIpc) is 2.56. The van der Waals surface area contributed by atoms with Crippen LogP contribution in [0.4, 0.5) is 0 Å². The van der Waals surface area contributed by atoms with Gasteiger partial charge in [0.15, 0.2) is 0 Å². The molecule has 2 aromatic rings. The first-order chi connectivity index (χ1) is 11.1. The van der Waals surface area contributed by atoms with E-state index >= 15 is 0 Å². The Bertz CT molecular complexity index is 746. The Balaban J connectivity index is 1.64. The highest BCUT2D eigenvalue weighted by atomic mass is 32.2. The standard InChI is InChI=1S/C19H20N2OS/c1-19-10-9-17(22)21-16(19)8-5-13-12-14(6-7-15(13)19)23-18-4-2-3-11-20-18/h2-4,6-7,11-12,16H,5,8-10H2,1H3,(H,21,22)/t16-,19-/m1/s1. The third-order valence-electron chi connectivity index (χ3n) is 5.23. The third-order valence-corrected chi connectivity index (χ3v) is 6.17. The Morgan fingerprint density at radius 2 is 2.17 bits per heavy atom. The van der Waals surface area contributed by atoms with Gasteiger partial charge >= 0.3 is 0 Å². The van der Waals surface area contributed by atoms with Crippen LogP contribution in [0.2, 0.25) is 0 Å². The van der Waals surface area contributed by atoms with E-state index in [2.05, 4.69) is 35.4 Å². The van der Waals surface area contributed by atoms with E-state index in [4.69, 9.17) is 0 Å². The summed E-state index contributed by atoms with van der Waals surface area (Å²) in [5, 5.41) is 4.23. The van der Waals surface area contributed by atoms with Gasteiger partial charge in [0.05, 0.1) is 0 Å². The van der Waals surface area contributed by atoms with E-state index in [-0.39, 0.29) is 17.4 Å². The molecule has 0 unspecified atom stereocenters. The zero-order valence-electron chi connectivity index (χ0n) is 13.2. The first kappa shape index (κ1) is 14.8. The van der Waals surface area contributed by atoms with Crippen molar-refractivity contribution in [3.63, 3.8) is 0 Å². The van der Waals surface area contributed by atoms with Crippen molar-refractivity contribution >= 4 is 17.7 Å². The predicted molar refractivity (Wildman–Crippen MR) is 91.6 cm³/mol. The molecule has 1 saturated heterocycles. The summed E-state index contributed by atoms with van der Waals surface area (Å²) in [6, 6.07) is 13.1. The van der Waals surface area contributed by atoms with E-state index in [0.29, 0.717) is 6.42 Å². The van der Waals surface area contributed by atoms with Gasteiger partial charge in [-0.3, -0.25) is 4.79 Å². The van der Waals surface area contributed by atoms with Gasteiger partial charge in [-0.2, -0.15) is 0 Å². The summed E-state index contributed by atoms with van der Waals surface area (Å²) >= 11 is 1.71. The fraction of sp³-hybridized carbons (Fsp3) is 0.368. The number of hydrogen-bond donors (Lipinski definition) is 1. The van der Waals surface area contributed by atoms with Crippen LogP contribution in [-0.4, -0.2) is 16.9 Å². The fourth-order valence-corrected chi connectivity index (χ4v) is 4.75. The lowest BCUT2D eigenvalue weighted by atomic mass is 9.64. The normalized spacial score (nSPS) is 26.1. The number of aryl methyl sites for hydroxylation is 1. The summed E-state index contributed by atoms with van der Waals surface area (Å²) in [5.74, 6) is 0.207. The van der Waals surface area contributed by atoms with Gasteiger partial charge in [0.2, 0.25) is 5.91 Å². The Morgan fingerprint density at radius 3 is 3.00 bits per heavy atom. The highest BCUT2D eigenvalue weighted by Crippen LogP contribution is 2.44. The lowest BCUT2D eigenvalue weighted by Gasteiger charge is -2.46. The first-order valence-corrected chi connectivity index (χ1v) is 8.98. The van der Waals surface area contributed by atoms with Gasteiger partial charge in [0, 0.05) is 29.0 Å². The lowest BCUT2D eigenvalue weighted by Crippen LogP contribution is -2.55. The van der Waals surface area contributed by atoms with Crippen molar-refractivity contribution in [3.05, 3.63) is 53.7 Å². The molecular weight excluding hydrogens is 304 g/mol. The highest BCUT2D eigenvalue weighted by Gasteiger charge is 2.43. The number of hydrogen-bond acceptors (Lipinski definition) is 3. The lowest BCUT2D eigenvalue weighted by molar-refractivity contribution is -0.125. The molecule has 118 valence electrons. The number of carbonyl (C=O) groups is 1. The average molecular weight is 324 g/mol. The van der Waals surface area contributed by atoms with Crippen LogP contribution in [0.5, 0.6) is 0 Å². The van der Waals surface area contributed by atoms with Crippen molar-refractivity contribution in [3.8, 4) is 0 Å². The zero-order chi connectivity index (χ0) is 15.9. The summed E-state index contributed by atoms with van der Waals surface area (Å²) < 4.78 is 0. The molecule has 3 nitrogen and oxygen atoms in total. The predicted octanol–water partition coefficient (Wildman–Crippen LogP) is 3.72. The summed E-state index contributed by atoms with van der Waals surface area (Å²) in [4.78, 5) is 17.3. The Morgan fingerprint density at radius 1 is 1.26 bits per heavy atom. The van der Waals surface area contributed by atoms with Crippen LogP contribution in [0.25, 0.3) is 0 Å². The number of aromatic nitrogens is 1. The molecule has 1 amide bonds. The molecule has 4 rings (SSSR count). The number of amides is 1. The van der Waals surface area contributed by atoms with Crippen LogP contribution in [0, 0.1) is 0 Å². The van der Waals surface area contributed by atoms with Crippen LogP contribution < -0.4 is 5.32 Å². The minimum Gasteiger partial charge on any atom is -0.352 e. The largest absolute Gasteiger partial charge is 0.352 e. The van der Waals surface area contributed by atoms with E-state index < -0.39 is 0 Å². The molecule has 2 aliphatic rings. The van der Waals surface area contributed by atoms with Crippen LogP contribution in [0.1, 0.15) is 37.3 Å². The number of rotatable bonds is 2. The molecule has 1 aromatic carbocycles. The molecule has 1 fully saturated rings. The van der Waals surface area contributed by atoms with E-state index in [1.807, 2.05) is 24.4 Å². The smallest absolute Gasteiger partial charge is 0.220 e.